The second kappa shape index (κ2) is 10.1. The topological polar surface area (TPSA) is 111 Å². The molecule has 4 heterocycles. The molecule has 0 N–H and O–H groups in total. The molecule has 2 aliphatic rings. The predicted octanol–water partition coefficient (Wildman–Crippen LogP) is 3.08. The molecular formula is C26H23F5N8O2. The van der Waals surface area contributed by atoms with Crippen LogP contribution in [0.15, 0.2) is 41.8 Å². The molecule has 2 fully saturated rings. The van der Waals surface area contributed by atoms with Gasteiger partial charge in [-0.3, -0.25) is 9.59 Å². The number of aryl methyl sites for hydroxylation is 1. The molecule has 3 aromatic rings. The summed E-state index contributed by atoms with van der Waals surface area (Å²) in [6.45, 7) is 3.81. The van der Waals surface area contributed by atoms with Crippen LogP contribution in [0.5, 0.6) is 0 Å². The van der Waals surface area contributed by atoms with E-state index < -0.39 is 48.0 Å². The molecule has 0 radical (unpaired) electrons. The fourth-order valence-electron chi connectivity index (χ4n) is 5.14. The summed E-state index contributed by atoms with van der Waals surface area (Å²) in [5.41, 5.74) is -2.98. The number of nitrogens with zero attached hydrogens (tertiary/aromatic N) is 8. The Bertz CT molecular complexity index is 1640. The molecular weight excluding hydrogens is 551 g/mol. The number of aromatic nitrogens is 4. The number of hydrogen-bond acceptors (Lipinski definition) is 8. The largest absolute Gasteiger partial charge is 0.418 e. The second-order valence-electron chi connectivity index (χ2n) is 9.85. The summed E-state index contributed by atoms with van der Waals surface area (Å²) in [4.78, 5) is 39.0. The molecule has 15 heteroatoms. The lowest BCUT2D eigenvalue weighted by molar-refractivity contribution is -0.138. The summed E-state index contributed by atoms with van der Waals surface area (Å²) in [6, 6.07) is 5.18. The van der Waals surface area contributed by atoms with E-state index >= 15 is 0 Å². The summed E-state index contributed by atoms with van der Waals surface area (Å²) in [5, 5.41) is 13.4. The minimum Gasteiger partial charge on any atom is -0.352 e. The van der Waals surface area contributed by atoms with Gasteiger partial charge in [-0.05, 0) is 24.6 Å². The van der Waals surface area contributed by atoms with E-state index in [1.165, 1.54) is 24.0 Å². The number of rotatable bonds is 5. The van der Waals surface area contributed by atoms with Gasteiger partial charge in [0.05, 0.1) is 54.5 Å². The van der Waals surface area contributed by atoms with Crippen LogP contribution in [0.1, 0.15) is 17.5 Å². The van der Waals surface area contributed by atoms with Crippen LogP contribution in [0.3, 0.4) is 0 Å². The lowest BCUT2D eigenvalue weighted by atomic mass is 10.1. The number of nitriles is 1. The molecule has 2 aliphatic heterocycles. The summed E-state index contributed by atoms with van der Waals surface area (Å²) >= 11 is 0. The Morgan fingerprint density at radius 2 is 1.95 bits per heavy atom. The van der Waals surface area contributed by atoms with Crippen molar-refractivity contribution in [3.63, 3.8) is 0 Å². The van der Waals surface area contributed by atoms with Gasteiger partial charge in [0.25, 0.3) is 11.5 Å². The van der Waals surface area contributed by atoms with Gasteiger partial charge in [-0.15, -0.1) is 0 Å². The van der Waals surface area contributed by atoms with Crippen LogP contribution in [0.25, 0.3) is 16.6 Å². The van der Waals surface area contributed by atoms with Crippen LogP contribution in [0, 0.1) is 18.3 Å². The van der Waals surface area contributed by atoms with Crippen molar-refractivity contribution >= 4 is 28.6 Å². The van der Waals surface area contributed by atoms with Gasteiger partial charge < -0.3 is 14.7 Å². The smallest absolute Gasteiger partial charge is 0.352 e. The number of hydrogen-bond donors (Lipinski definition) is 0. The van der Waals surface area contributed by atoms with Crippen molar-refractivity contribution < 1.29 is 26.7 Å². The molecule has 1 atom stereocenters. The molecule has 0 spiro atoms. The van der Waals surface area contributed by atoms with Crippen LogP contribution in [0.4, 0.5) is 33.7 Å². The van der Waals surface area contributed by atoms with Crippen molar-refractivity contribution in [2.45, 2.75) is 31.5 Å². The van der Waals surface area contributed by atoms with E-state index in [0.29, 0.717) is 4.68 Å². The van der Waals surface area contributed by atoms with Crippen molar-refractivity contribution in [3.8, 4) is 11.8 Å². The fourth-order valence-corrected chi connectivity index (χ4v) is 5.14. The van der Waals surface area contributed by atoms with Gasteiger partial charge in [-0.2, -0.15) is 33.2 Å². The first-order valence-corrected chi connectivity index (χ1v) is 12.5. The number of halogens is 5. The van der Waals surface area contributed by atoms with Crippen LogP contribution >= 0.6 is 0 Å². The number of piperazine rings is 1. The summed E-state index contributed by atoms with van der Waals surface area (Å²) in [7, 11) is 0. The Morgan fingerprint density at radius 1 is 1.22 bits per heavy atom. The van der Waals surface area contributed by atoms with Crippen molar-refractivity contribution in [1.29, 1.82) is 5.26 Å². The SMILES string of the molecule is C=CC(=O)N1CCN(c2nc(N3CC(F)(F)C3)nc3c(=O)n(-c4cccc(C)c4C(F)(F)F)ncc23)CC1CC#N. The Labute approximate surface area is 229 Å². The lowest BCUT2D eigenvalue weighted by Gasteiger charge is -2.42. The highest BCUT2D eigenvalue weighted by Crippen LogP contribution is 2.37. The molecule has 2 saturated heterocycles. The predicted molar refractivity (Wildman–Crippen MR) is 138 cm³/mol. The van der Waals surface area contributed by atoms with E-state index in [-0.39, 0.29) is 60.2 Å². The Balaban J connectivity index is 1.67. The Hall–Kier alpha value is -4.61. The molecule has 0 saturated carbocycles. The van der Waals surface area contributed by atoms with Gasteiger partial charge in [-0.1, -0.05) is 18.7 Å². The maximum absolute atomic E-state index is 13.9. The molecule has 2 aromatic heterocycles. The Kier molecular flexibility index (Phi) is 6.88. The van der Waals surface area contributed by atoms with Crippen LogP contribution in [-0.2, 0) is 11.0 Å². The van der Waals surface area contributed by atoms with Gasteiger partial charge >= 0.3 is 6.18 Å². The summed E-state index contributed by atoms with van der Waals surface area (Å²) < 4.78 is 69.9. The number of amides is 1. The van der Waals surface area contributed by atoms with E-state index in [4.69, 9.17) is 0 Å². The molecule has 1 aromatic carbocycles. The normalized spacial score (nSPS) is 18.7. The standard InChI is InChI=1S/C26H23F5N8O2/c1-3-19(40)38-10-9-36(12-16(38)7-8-32)22-17-11-33-39(18-6-4-5-15(2)20(18)26(29,30)31)23(41)21(17)34-24(35-22)37-13-25(27,28)14-37/h3-6,11,16H,1,7,9-10,12-14H2,2H3. The van der Waals surface area contributed by atoms with Crippen molar-refractivity contribution in [2.75, 3.05) is 42.5 Å². The van der Waals surface area contributed by atoms with Crippen molar-refractivity contribution in [3.05, 3.63) is 58.5 Å². The average molecular weight is 575 g/mol. The monoisotopic (exact) mass is 574 g/mol. The van der Waals surface area contributed by atoms with Gasteiger partial charge in [0, 0.05) is 19.6 Å². The maximum Gasteiger partial charge on any atom is 0.418 e. The van der Waals surface area contributed by atoms with E-state index in [1.807, 2.05) is 6.07 Å². The van der Waals surface area contributed by atoms with Gasteiger partial charge in [0.15, 0.2) is 0 Å². The molecule has 0 bridgehead atoms. The van der Waals surface area contributed by atoms with Gasteiger partial charge in [0.2, 0.25) is 11.9 Å². The van der Waals surface area contributed by atoms with Gasteiger partial charge in [0.1, 0.15) is 11.3 Å². The summed E-state index contributed by atoms with van der Waals surface area (Å²) in [6.07, 6.45) is -2.53. The third-order valence-electron chi connectivity index (χ3n) is 7.07. The molecule has 1 unspecified atom stereocenters. The van der Waals surface area contributed by atoms with Crippen LogP contribution in [0.2, 0.25) is 0 Å². The third-order valence-corrected chi connectivity index (χ3v) is 7.07. The quantitative estimate of drug-likeness (QED) is 0.338. The number of alkyl halides is 5. The zero-order valence-corrected chi connectivity index (χ0v) is 21.7. The third kappa shape index (κ3) is 5.05. The zero-order valence-electron chi connectivity index (χ0n) is 21.7. The Morgan fingerprint density at radius 3 is 2.59 bits per heavy atom. The summed E-state index contributed by atoms with van der Waals surface area (Å²) in [5.74, 6) is -3.43. The minimum atomic E-state index is -4.79. The first kappa shape index (κ1) is 27.9. The van der Waals surface area contributed by atoms with Gasteiger partial charge in [-0.25, -0.2) is 13.8 Å². The van der Waals surface area contributed by atoms with Crippen LogP contribution in [-0.4, -0.2) is 75.2 Å². The number of benzene rings is 1. The molecule has 214 valence electrons. The number of carbonyl (C=O) groups is 1. The van der Waals surface area contributed by atoms with Crippen LogP contribution < -0.4 is 15.4 Å². The zero-order chi connectivity index (χ0) is 29.7. The molecule has 0 aliphatic carbocycles. The van der Waals surface area contributed by atoms with Crippen molar-refractivity contribution in [2.24, 2.45) is 0 Å². The van der Waals surface area contributed by atoms with E-state index in [9.17, 15) is 36.8 Å². The van der Waals surface area contributed by atoms with Crippen molar-refractivity contribution in [1.82, 2.24) is 24.6 Å². The first-order chi connectivity index (χ1) is 19.3. The van der Waals surface area contributed by atoms with E-state index in [0.717, 1.165) is 23.2 Å². The highest BCUT2D eigenvalue weighted by atomic mass is 19.4. The number of anilines is 2. The lowest BCUT2D eigenvalue weighted by Crippen LogP contribution is -2.57. The molecule has 5 rings (SSSR count). The number of fused-ring (bicyclic) bond motifs is 1. The van der Waals surface area contributed by atoms with E-state index in [2.05, 4.69) is 21.6 Å². The molecule has 41 heavy (non-hydrogen) atoms. The molecule has 1 amide bonds. The highest BCUT2D eigenvalue weighted by molar-refractivity contribution is 5.90. The fraction of sp³-hybridized carbons (Fsp3) is 0.385. The second-order valence-corrected chi connectivity index (χ2v) is 9.85. The molecule has 10 nitrogen and oxygen atoms in total. The average Bonchev–Trinajstić information content (AvgIpc) is 2.90. The first-order valence-electron chi connectivity index (χ1n) is 12.5. The maximum atomic E-state index is 13.9. The highest BCUT2D eigenvalue weighted by Gasteiger charge is 2.46. The van der Waals surface area contributed by atoms with E-state index in [1.54, 1.807) is 4.90 Å². The number of carbonyl (C=O) groups excluding carboxylic acids is 1. The minimum absolute atomic E-state index is 0.0249.